The smallest absolute Gasteiger partial charge is 0.191 e. The summed E-state index contributed by atoms with van der Waals surface area (Å²) in [5.41, 5.74) is -0.605. The van der Waals surface area contributed by atoms with Crippen molar-refractivity contribution in [3.63, 3.8) is 0 Å². The van der Waals surface area contributed by atoms with Gasteiger partial charge in [-0.3, -0.25) is 0 Å². The van der Waals surface area contributed by atoms with Gasteiger partial charge in [-0.15, -0.1) is 6.58 Å². The first-order valence-corrected chi connectivity index (χ1v) is 5.63. The Kier molecular flexibility index (Phi) is 4.16. The molecule has 0 bridgehead atoms. The summed E-state index contributed by atoms with van der Waals surface area (Å²) in [5.74, 6) is -4.83. The maximum Gasteiger partial charge on any atom is 0.458 e. The third-order valence-electron chi connectivity index (χ3n) is 2.14. The molecule has 0 nitrogen and oxygen atoms in total. The molecule has 0 saturated heterocycles. The molecule has 0 fully saturated rings. The summed E-state index contributed by atoms with van der Waals surface area (Å²) in [6.45, 7) is 3.42. The molecule has 0 heterocycles. The van der Waals surface area contributed by atoms with Gasteiger partial charge in [0.25, 0.3) is 0 Å². The summed E-state index contributed by atoms with van der Waals surface area (Å²) in [6, 6.07) is 3.48. The average Bonchev–Trinajstić information content (AvgIpc) is 2.19. The van der Waals surface area contributed by atoms with E-state index >= 15 is 0 Å². The van der Waals surface area contributed by atoms with Crippen LogP contribution in [0.4, 0.5) is 22.0 Å². The van der Waals surface area contributed by atoms with Crippen molar-refractivity contribution in [2.75, 3.05) is 0 Å². The van der Waals surface area contributed by atoms with Crippen molar-refractivity contribution in [3.05, 3.63) is 45.6 Å². The van der Waals surface area contributed by atoms with E-state index in [1.807, 2.05) is 0 Å². The summed E-state index contributed by atoms with van der Waals surface area (Å²) in [4.78, 5) is 0. The summed E-state index contributed by atoms with van der Waals surface area (Å²) in [6.07, 6.45) is -3.88. The van der Waals surface area contributed by atoms with Crippen molar-refractivity contribution in [1.82, 2.24) is 0 Å². The van der Waals surface area contributed by atoms with Crippen molar-refractivity contribution in [3.8, 4) is 0 Å². The molecular weight excluding hydrogens is 354 g/mol. The quantitative estimate of drug-likeness (QED) is 0.416. The van der Waals surface area contributed by atoms with Gasteiger partial charge in [-0.2, -0.15) is 22.0 Å². The Labute approximate surface area is 109 Å². The Hall–Kier alpha value is -0.660. The maximum absolute atomic E-state index is 13.2. The van der Waals surface area contributed by atoms with E-state index in [9.17, 15) is 22.0 Å². The summed E-state index contributed by atoms with van der Waals surface area (Å²) in [7, 11) is 0. The first kappa shape index (κ1) is 14.4. The van der Waals surface area contributed by atoms with E-state index in [-0.39, 0.29) is 9.99 Å². The SMILES string of the molecule is C=CCc1cccc(C(F)(F)C(F)(F)F)c1I. The number of allylic oxidation sites excluding steroid dienone is 1. The van der Waals surface area contributed by atoms with Gasteiger partial charge in [-0.25, -0.2) is 0 Å². The molecule has 0 aliphatic heterocycles. The zero-order valence-corrected chi connectivity index (χ0v) is 10.6. The summed E-state index contributed by atoms with van der Waals surface area (Å²) in [5, 5.41) is 0. The number of benzene rings is 1. The molecule has 0 saturated carbocycles. The predicted molar refractivity (Wildman–Crippen MR) is 63.0 cm³/mol. The minimum Gasteiger partial charge on any atom is -0.191 e. The average molecular weight is 362 g/mol. The van der Waals surface area contributed by atoms with Crippen molar-refractivity contribution in [2.45, 2.75) is 18.5 Å². The van der Waals surface area contributed by atoms with Crippen LogP contribution in [-0.4, -0.2) is 6.18 Å². The number of hydrogen-bond acceptors (Lipinski definition) is 0. The van der Waals surface area contributed by atoms with E-state index < -0.39 is 17.7 Å². The van der Waals surface area contributed by atoms with Crippen LogP contribution in [0.15, 0.2) is 30.9 Å². The van der Waals surface area contributed by atoms with Gasteiger partial charge in [0.2, 0.25) is 0 Å². The molecule has 0 amide bonds. The highest BCUT2D eigenvalue weighted by Gasteiger charge is 2.59. The largest absolute Gasteiger partial charge is 0.458 e. The van der Waals surface area contributed by atoms with E-state index in [1.165, 1.54) is 40.8 Å². The van der Waals surface area contributed by atoms with Gasteiger partial charge in [0, 0.05) is 9.13 Å². The molecule has 0 aliphatic carbocycles. The molecule has 1 rings (SSSR count). The molecule has 17 heavy (non-hydrogen) atoms. The van der Waals surface area contributed by atoms with E-state index in [2.05, 4.69) is 6.58 Å². The molecule has 0 spiro atoms. The topological polar surface area (TPSA) is 0 Å². The first-order chi connectivity index (χ1) is 7.71. The van der Waals surface area contributed by atoms with Crippen molar-refractivity contribution >= 4 is 22.6 Å². The molecule has 0 aromatic heterocycles. The van der Waals surface area contributed by atoms with Gasteiger partial charge >= 0.3 is 12.1 Å². The van der Waals surface area contributed by atoms with E-state index in [0.29, 0.717) is 5.56 Å². The van der Waals surface area contributed by atoms with Crippen LogP contribution in [0.25, 0.3) is 0 Å². The molecule has 6 heteroatoms. The summed E-state index contributed by atoms with van der Waals surface area (Å²) < 4.78 is 63.0. The Morgan fingerprint density at radius 1 is 1.18 bits per heavy atom. The lowest BCUT2D eigenvalue weighted by Crippen LogP contribution is -2.34. The van der Waals surface area contributed by atoms with Gasteiger partial charge in [0.05, 0.1) is 0 Å². The maximum atomic E-state index is 13.2. The Balaban J connectivity index is 3.32. The number of halogens is 6. The fourth-order valence-corrected chi connectivity index (χ4v) is 2.21. The van der Waals surface area contributed by atoms with Gasteiger partial charge in [-0.05, 0) is 34.6 Å². The lowest BCUT2D eigenvalue weighted by atomic mass is 10.0. The van der Waals surface area contributed by atoms with Crippen LogP contribution < -0.4 is 0 Å². The predicted octanol–water partition coefficient (Wildman–Crippen LogP) is 4.67. The first-order valence-electron chi connectivity index (χ1n) is 4.55. The highest BCUT2D eigenvalue weighted by molar-refractivity contribution is 14.1. The second kappa shape index (κ2) is 4.91. The van der Waals surface area contributed by atoms with Crippen LogP contribution in [0.2, 0.25) is 0 Å². The van der Waals surface area contributed by atoms with Crippen molar-refractivity contribution < 1.29 is 22.0 Å². The highest BCUT2D eigenvalue weighted by Crippen LogP contribution is 2.45. The molecule has 0 aliphatic rings. The molecule has 0 atom stereocenters. The lowest BCUT2D eigenvalue weighted by molar-refractivity contribution is -0.289. The molecule has 1 aromatic rings. The molecule has 0 radical (unpaired) electrons. The number of hydrogen-bond donors (Lipinski definition) is 0. The monoisotopic (exact) mass is 362 g/mol. The molecule has 1 aromatic carbocycles. The van der Waals surface area contributed by atoms with Crippen LogP contribution in [0.1, 0.15) is 11.1 Å². The fraction of sp³-hybridized carbons (Fsp3) is 0.273. The number of rotatable bonds is 3. The summed E-state index contributed by atoms with van der Waals surface area (Å²) >= 11 is 1.50. The minimum absolute atomic E-state index is 0.0766. The zero-order valence-electron chi connectivity index (χ0n) is 8.49. The van der Waals surface area contributed by atoms with Crippen LogP contribution in [0.3, 0.4) is 0 Å². The Morgan fingerprint density at radius 3 is 2.24 bits per heavy atom. The minimum atomic E-state index is -5.58. The molecular formula is C11H8F5I. The van der Waals surface area contributed by atoms with Gasteiger partial charge in [0.15, 0.2) is 0 Å². The van der Waals surface area contributed by atoms with E-state index in [0.717, 1.165) is 6.07 Å². The molecule has 0 unspecified atom stereocenters. The lowest BCUT2D eigenvalue weighted by Gasteiger charge is -2.22. The molecule has 94 valence electrons. The second-order valence-electron chi connectivity index (χ2n) is 3.34. The Morgan fingerprint density at radius 2 is 1.76 bits per heavy atom. The molecule has 0 N–H and O–H groups in total. The Bertz CT molecular complexity index is 422. The van der Waals surface area contributed by atoms with Crippen LogP contribution in [0.5, 0.6) is 0 Å². The fourth-order valence-electron chi connectivity index (χ4n) is 1.29. The zero-order chi connectivity index (χ0) is 13.3. The highest BCUT2D eigenvalue weighted by atomic mass is 127. The van der Waals surface area contributed by atoms with Crippen molar-refractivity contribution in [2.24, 2.45) is 0 Å². The second-order valence-corrected chi connectivity index (χ2v) is 4.42. The third kappa shape index (κ3) is 2.78. The van der Waals surface area contributed by atoms with Gasteiger partial charge in [-0.1, -0.05) is 24.3 Å². The number of alkyl halides is 5. The van der Waals surface area contributed by atoms with Gasteiger partial charge < -0.3 is 0 Å². The van der Waals surface area contributed by atoms with Crippen LogP contribution in [0, 0.1) is 3.57 Å². The van der Waals surface area contributed by atoms with Crippen molar-refractivity contribution in [1.29, 1.82) is 0 Å². The normalized spacial score (nSPS) is 12.6. The van der Waals surface area contributed by atoms with E-state index in [4.69, 9.17) is 0 Å². The van der Waals surface area contributed by atoms with Crippen LogP contribution >= 0.6 is 22.6 Å². The standard InChI is InChI=1S/C11H8F5I/c1-2-4-7-5-3-6-8(9(7)17)10(12,13)11(14,15)16/h2-3,5-6H,1,4H2. The van der Waals surface area contributed by atoms with Gasteiger partial charge in [0.1, 0.15) is 0 Å². The van der Waals surface area contributed by atoms with E-state index in [1.54, 1.807) is 0 Å². The van der Waals surface area contributed by atoms with Crippen LogP contribution in [-0.2, 0) is 12.3 Å². The third-order valence-corrected chi connectivity index (χ3v) is 3.41.